The Labute approximate surface area is 179 Å². The molecule has 30 heavy (non-hydrogen) atoms. The van der Waals surface area contributed by atoms with Crippen molar-refractivity contribution in [1.29, 1.82) is 0 Å². The molecule has 1 aromatic carbocycles. The van der Waals surface area contributed by atoms with Gasteiger partial charge in [-0.25, -0.2) is 4.79 Å². The molecular weight excluding hydrogens is 386 g/mol. The number of ether oxygens (including phenoxy) is 1. The number of unbranched alkanes of at least 4 members (excludes halogenated alkanes) is 1. The van der Waals surface area contributed by atoms with E-state index in [9.17, 15) is 19.5 Å². The van der Waals surface area contributed by atoms with Crippen LogP contribution >= 0.6 is 0 Å². The third kappa shape index (κ3) is 8.82. The molecule has 1 unspecified atom stereocenters. The Morgan fingerprint density at radius 2 is 1.90 bits per heavy atom. The Bertz CT molecular complexity index is 715. The number of alkyl carbamates (subject to hydrolysis) is 1. The summed E-state index contributed by atoms with van der Waals surface area (Å²) in [5, 5.41) is 14.8. The lowest BCUT2D eigenvalue weighted by Crippen LogP contribution is -2.48. The maximum absolute atomic E-state index is 13.0. The van der Waals surface area contributed by atoms with Gasteiger partial charge in [0.05, 0.1) is 6.61 Å². The Morgan fingerprint density at radius 3 is 2.47 bits per heavy atom. The van der Waals surface area contributed by atoms with Crippen molar-refractivity contribution >= 4 is 17.9 Å². The zero-order valence-corrected chi connectivity index (χ0v) is 18.7. The van der Waals surface area contributed by atoms with Gasteiger partial charge in [0.15, 0.2) is 0 Å². The van der Waals surface area contributed by atoms with E-state index < -0.39 is 23.6 Å². The number of hydrogen-bond acceptors (Lipinski definition) is 5. The number of aliphatic hydroxyl groups excluding tert-OH is 1. The lowest BCUT2D eigenvalue weighted by atomic mass is 10.0. The van der Waals surface area contributed by atoms with Gasteiger partial charge in [0, 0.05) is 13.1 Å². The third-order valence-corrected chi connectivity index (χ3v) is 4.19. The van der Waals surface area contributed by atoms with Crippen LogP contribution in [0.4, 0.5) is 4.79 Å². The molecule has 0 aromatic heterocycles. The molecule has 3 N–H and O–H groups in total. The molecule has 0 fully saturated rings. The standard InChI is InChI=1S/C22H35N3O5/c1-6-7-11-23-20(28)19(17-10-8-9-16(2)14-17)25(12-13-26)18(27)15-24-21(29)30-22(3,4)5/h8-10,14,19,26H,6-7,11-13,15H2,1-5H3,(H,23,28)(H,24,29). The fourth-order valence-corrected chi connectivity index (χ4v) is 2.87. The van der Waals surface area contributed by atoms with Crippen LogP contribution in [-0.2, 0) is 14.3 Å². The molecule has 8 nitrogen and oxygen atoms in total. The SMILES string of the molecule is CCCCNC(=O)C(c1cccc(C)c1)N(CCO)C(=O)CNC(=O)OC(C)(C)C. The molecule has 0 radical (unpaired) electrons. The molecule has 0 saturated heterocycles. The predicted molar refractivity (Wildman–Crippen MR) is 115 cm³/mol. The van der Waals surface area contributed by atoms with E-state index in [2.05, 4.69) is 10.6 Å². The average Bonchev–Trinajstić information content (AvgIpc) is 2.64. The molecule has 0 saturated carbocycles. The second-order valence-corrected chi connectivity index (χ2v) is 8.13. The van der Waals surface area contributed by atoms with E-state index in [1.165, 1.54) is 4.90 Å². The van der Waals surface area contributed by atoms with Gasteiger partial charge >= 0.3 is 6.09 Å². The molecule has 0 aliphatic carbocycles. The molecule has 1 aromatic rings. The first-order valence-corrected chi connectivity index (χ1v) is 10.3. The molecule has 0 heterocycles. The number of nitrogens with one attached hydrogen (secondary N) is 2. The largest absolute Gasteiger partial charge is 0.444 e. The number of carbonyl (C=O) groups is 3. The van der Waals surface area contributed by atoms with E-state index in [0.29, 0.717) is 12.1 Å². The summed E-state index contributed by atoms with van der Waals surface area (Å²) in [7, 11) is 0. The monoisotopic (exact) mass is 421 g/mol. The molecule has 0 aliphatic rings. The van der Waals surface area contributed by atoms with E-state index in [4.69, 9.17) is 4.74 Å². The third-order valence-electron chi connectivity index (χ3n) is 4.19. The fourth-order valence-electron chi connectivity index (χ4n) is 2.87. The number of benzene rings is 1. The van der Waals surface area contributed by atoms with Crippen LogP contribution in [0.1, 0.15) is 57.7 Å². The zero-order valence-electron chi connectivity index (χ0n) is 18.7. The first-order valence-electron chi connectivity index (χ1n) is 10.3. The molecule has 1 atom stereocenters. The summed E-state index contributed by atoms with van der Waals surface area (Å²) in [6, 6.07) is 6.41. The predicted octanol–water partition coefficient (Wildman–Crippen LogP) is 2.30. The highest BCUT2D eigenvalue weighted by molar-refractivity contribution is 5.90. The van der Waals surface area contributed by atoms with Gasteiger partial charge in [-0.3, -0.25) is 9.59 Å². The second-order valence-electron chi connectivity index (χ2n) is 8.13. The maximum atomic E-state index is 13.0. The molecule has 8 heteroatoms. The molecule has 1 rings (SSSR count). The number of aryl methyl sites for hydroxylation is 1. The number of rotatable bonds is 10. The number of carbonyl (C=O) groups excluding carboxylic acids is 3. The quantitative estimate of drug-likeness (QED) is 0.503. The van der Waals surface area contributed by atoms with Gasteiger partial charge in [-0.1, -0.05) is 43.2 Å². The Morgan fingerprint density at radius 1 is 1.20 bits per heavy atom. The lowest BCUT2D eigenvalue weighted by Gasteiger charge is -2.31. The minimum Gasteiger partial charge on any atom is -0.444 e. The van der Waals surface area contributed by atoms with Gasteiger partial charge in [0.25, 0.3) is 0 Å². The van der Waals surface area contributed by atoms with E-state index >= 15 is 0 Å². The highest BCUT2D eigenvalue weighted by atomic mass is 16.6. The van der Waals surface area contributed by atoms with Gasteiger partial charge < -0.3 is 25.4 Å². The summed E-state index contributed by atoms with van der Waals surface area (Å²) in [5.41, 5.74) is 0.895. The van der Waals surface area contributed by atoms with Crippen molar-refractivity contribution < 1.29 is 24.2 Å². The van der Waals surface area contributed by atoms with Crippen molar-refractivity contribution in [2.45, 2.75) is 59.1 Å². The first-order chi connectivity index (χ1) is 14.1. The number of hydrogen-bond donors (Lipinski definition) is 3. The van der Waals surface area contributed by atoms with Crippen LogP contribution in [0.5, 0.6) is 0 Å². The Balaban J connectivity index is 3.06. The van der Waals surface area contributed by atoms with Gasteiger partial charge in [-0.15, -0.1) is 0 Å². The van der Waals surface area contributed by atoms with Crippen LogP contribution in [0.15, 0.2) is 24.3 Å². The smallest absolute Gasteiger partial charge is 0.408 e. The summed E-state index contributed by atoms with van der Waals surface area (Å²) < 4.78 is 5.15. The second kappa shape index (κ2) is 12.2. The van der Waals surface area contributed by atoms with Crippen LogP contribution in [0.2, 0.25) is 0 Å². The molecule has 3 amide bonds. The van der Waals surface area contributed by atoms with Crippen LogP contribution in [0.25, 0.3) is 0 Å². The normalized spacial score (nSPS) is 12.1. The van der Waals surface area contributed by atoms with Crippen LogP contribution < -0.4 is 10.6 Å². The summed E-state index contributed by atoms with van der Waals surface area (Å²) in [6.07, 6.45) is 1.02. The van der Waals surface area contributed by atoms with E-state index in [0.717, 1.165) is 18.4 Å². The lowest BCUT2D eigenvalue weighted by molar-refractivity contribution is -0.140. The van der Waals surface area contributed by atoms with E-state index in [-0.39, 0.29) is 25.6 Å². The summed E-state index contributed by atoms with van der Waals surface area (Å²) in [6.45, 7) is 8.88. The van der Waals surface area contributed by atoms with Crippen molar-refractivity contribution in [3.05, 3.63) is 35.4 Å². The van der Waals surface area contributed by atoms with Crippen LogP contribution in [0.3, 0.4) is 0 Å². The van der Waals surface area contributed by atoms with Crippen molar-refractivity contribution in [1.82, 2.24) is 15.5 Å². The van der Waals surface area contributed by atoms with E-state index in [1.54, 1.807) is 26.8 Å². The molecule has 0 bridgehead atoms. The Hall–Kier alpha value is -2.61. The maximum Gasteiger partial charge on any atom is 0.408 e. The van der Waals surface area contributed by atoms with Crippen molar-refractivity contribution in [2.24, 2.45) is 0 Å². The molecular formula is C22H35N3O5. The number of nitrogens with zero attached hydrogens (tertiary/aromatic N) is 1. The minimum atomic E-state index is -0.915. The Kier molecular flexibility index (Phi) is 10.3. The van der Waals surface area contributed by atoms with Gasteiger partial charge in [-0.2, -0.15) is 0 Å². The van der Waals surface area contributed by atoms with Crippen molar-refractivity contribution in [3.8, 4) is 0 Å². The van der Waals surface area contributed by atoms with Gasteiger partial charge in [0.1, 0.15) is 18.2 Å². The van der Waals surface area contributed by atoms with Crippen LogP contribution in [-0.4, -0.2) is 59.8 Å². The van der Waals surface area contributed by atoms with Crippen molar-refractivity contribution in [3.63, 3.8) is 0 Å². The number of aliphatic hydroxyl groups is 1. The van der Waals surface area contributed by atoms with Crippen molar-refractivity contribution in [2.75, 3.05) is 26.2 Å². The van der Waals surface area contributed by atoms with Gasteiger partial charge in [-0.05, 0) is 39.7 Å². The summed E-state index contributed by atoms with van der Waals surface area (Å²) in [4.78, 5) is 39.1. The molecule has 168 valence electrons. The molecule has 0 aliphatic heterocycles. The summed E-state index contributed by atoms with van der Waals surface area (Å²) >= 11 is 0. The first kappa shape index (κ1) is 25.4. The number of amides is 3. The topological polar surface area (TPSA) is 108 Å². The average molecular weight is 422 g/mol. The zero-order chi connectivity index (χ0) is 22.7. The highest BCUT2D eigenvalue weighted by Crippen LogP contribution is 2.22. The minimum absolute atomic E-state index is 0.0470. The summed E-state index contributed by atoms with van der Waals surface area (Å²) in [5.74, 6) is -0.819. The fraction of sp³-hybridized carbons (Fsp3) is 0.591. The van der Waals surface area contributed by atoms with Crippen LogP contribution in [0, 0.1) is 6.92 Å². The highest BCUT2D eigenvalue weighted by Gasteiger charge is 2.31. The van der Waals surface area contributed by atoms with Gasteiger partial charge in [0.2, 0.25) is 11.8 Å². The molecule has 0 spiro atoms. The van der Waals surface area contributed by atoms with E-state index in [1.807, 2.05) is 32.0 Å².